The number of ether oxygens (including phenoxy) is 1. The second-order valence-electron chi connectivity index (χ2n) is 4.97. The molecule has 0 atom stereocenters. The molecule has 130 valence electrons. The monoisotopic (exact) mass is 386 g/mol. The molecular formula is C16H10ClF3N2O2S. The minimum Gasteiger partial charge on any atom is -0.465 e. The lowest BCUT2D eigenvalue weighted by Crippen LogP contribution is -2.07. The summed E-state index contributed by atoms with van der Waals surface area (Å²) in [4.78, 5) is 12.0. The van der Waals surface area contributed by atoms with E-state index < -0.39 is 17.8 Å². The SMILES string of the molecule is COC(=O)c1ccc(-n2nc(C(F)(F)F)cc2-c2ccc(Cl)s2)cc1. The lowest BCUT2D eigenvalue weighted by Gasteiger charge is -2.07. The minimum absolute atomic E-state index is 0.259. The number of halogens is 4. The average molecular weight is 387 g/mol. The van der Waals surface area contributed by atoms with E-state index in [-0.39, 0.29) is 11.3 Å². The summed E-state index contributed by atoms with van der Waals surface area (Å²) in [7, 11) is 1.25. The normalized spacial score (nSPS) is 11.6. The van der Waals surface area contributed by atoms with Gasteiger partial charge in [0, 0.05) is 0 Å². The fourth-order valence-electron chi connectivity index (χ4n) is 2.20. The van der Waals surface area contributed by atoms with Gasteiger partial charge in [0.25, 0.3) is 0 Å². The van der Waals surface area contributed by atoms with E-state index in [0.29, 0.717) is 14.9 Å². The standard InChI is InChI=1S/C16H10ClF3N2O2S/c1-24-15(23)9-2-4-10(5-3-9)22-11(12-6-7-14(17)25-12)8-13(21-22)16(18,19)20/h2-8H,1H3. The van der Waals surface area contributed by atoms with Gasteiger partial charge in [-0.1, -0.05) is 11.6 Å². The molecule has 0 saturated carbocycles. The van der Waals surface area contributed by atoms with E-state index in [1.807, 2.05) is 0 Å². The number of esters is 1. The highest BCUT2D eigenvalue weighted by Gasteiger charge is 2.35. The van der Waals surface area contributed by atoms with Gasteiger partial charge >= 0.3 is 12.1 Å². The molecule has 25 heavy (non-hydrogen) atoms. The Labute approximate surface area is 149 Å². The summed E-state index contributed by atoms with van der Waals surface area (Å²) in [6.45, 7) is 0. The molecular weight excluding hydrogens is 377 g/mol. The predicted molar refractivity (Wildman–Crippen MR) is 88.2 cm³/mol. The van der Waals surface area contributed by atoms with Crippen molar-refractivity contribution >= 4 is 28.9 Å². The van der Waals surface area contributed by atoms with Crippen molar-refractivity contribution in [3.63, 3.8) is 0 Å². The molecule has 0 amide bonds. The van der Waals surface area contributed by atoms with E-state index in [2.05, 4.69) is 9.84 Å². The number of alkyl halides is 3. The van der Waals surface area contributed by atoms with Crippen molar-refractivity contribution in [3.05, 3.63) is 58.1 Å². The fraction of sp³-hybridized carbons (Fsp3) is 0.125. The van der Waals surface area contributed by atoms with Crippen LogP contribution in [0.3, 0.4) is 0 Å². The van der Waals surface area contributed by atoms with E-state index in [9.17, 15) is 18.0 Å². The van der Waals surface area contributed by atoms with Crippen LogP contribution in [0.25, 0.3) is 16.3 Å². The zero-order valence-electron chi connectivity index (χ0n) is 12.7. The molecule has 0 fully saturated rings. The molecule has 0 saturated heterocycles. The first-order valence-electron chi connectivity index (χ1n) is 6.91. The second kappa shape index (κ2) is 6.53. The number of methoxy groups -OCH3 is 1. The molecule has 9 heteroatoms. The highest BCUT2D eigenvalue weighted by Crippen LogP contribution is 2.36. The number of aromatic nitrogens is 2. The molecule has 1 aromatic carbocycles. The highest BCUT2D eigenvalue weighted by molar-refractivity contribution is 7.19. The molecule has 0 bridgehead atoms. The number of nitrogens with zero attached hydrogens (tertiary/aromatic N) is 2. The van der Waals surface area contributed by atoms with Gasteiger partial charge in [-0.2, -0.15) is 18.3 Å². The number of rotatable bonds is 3. The Bertz CT molecular complexity index is 916. The first-order chi connectivity index (χ1) is 11.8. The van der Waals surface area contributed by atoms with E-state index in [1.165, 1.54) is 36.1 Å². The molecule has 0 aliphatic heterocycles. The van der Waals surface area contributed by atoms with Crippen LogP contribution in [-0.4, -0.2) is 22.9 Å². The highest BCUT2D eigenvalue weighted by atomic mass is 35.5. The summed E-state index contributed by atoms with van der Waals surface area (Å²) >= 11 is 7.04. The third-order valence-corrected chi connectivity index (χ3v) is 4.61. The largest absolute Gasteiger partial charge is 0.465 e. The molecule has 0 radical (unpaired) electrons. The van der Waals surface area contributed by atoms with Crippen molar-refractivity contribution < 1.29 is 22.7 Å². The summed E-state index contributed by atoms with van der Waals surface area (Å²) in [6.07, 6.45) is -4.58. The lowest BCUT2D eigenvalue weighted by molar-refractivity contribution is -0.141. The molecule has 2 aromatic heterocycles. The van der Waals surface area contributed by atoms with Crippen molar-refractivity contribution in [1.29, 1.82) is 0 Å². The van der Waals surface area contributed by atoms with Gasteiger partial charge in [-0.15, -0.1) is 11.3 Å². The van der Waals surface area contributed by atoms with Crippen LogP contribution in [0.15, 0.2) is 42.5 Å². The van der Waals surface area contributed by atoms with Crippen LogP contribution in [0.5, 0.6) is 0 Å². The zero-order chi connectivity index (χ0) is 18.2. The molecule has 0 spiro atoms. The summed E-state index contributed by atoms with van der Waals surface area (Å²) in [5.74, 6) is -0.534. The Kier molecular flexibility index (Phi) is 4.57. The van der Waals surface area contributed by atoms with Crippen LogP contribution in [0.1, 0.15) is 16.1 Å². The van der Waals surface area contributed by atoms with Crippen molar-refractivity contribution in [2.75, 3.05) is 7.11 Å². The molecule has 0 unspecified atom stereocenters. The molecule has 0 aliphatic carbocycles. The Balaban J connectivity index is 2.11. The molecule has 3 aromatic rings. The van der Waals surface area contributed by atoms with Gasteiger partial charge in [0.2, 0.25) is 0 Å². The quantitative estimate of drug-likeness (QED) is 0.591. The van der Waals surface area contributed by atoms with Crippen LogP contribution >= 0.6 is 22.9 Å². The Morgan fingerprint density at radius 1 is 1.20 bits per heavy atom. The third kappa shape index (κ3) is 3.54. The van der Waals surface area contributed by atoms with Crippen molar-refractivity contribution in [1.82, 2.24) is 9.78 Å². The fourth-order valence-corrected chi connectivity index (χ4v) is 3.25. The van der Waals surface area contributed by atoms with E-state index in [0.717, 1.165) is 17.4 Å². The molecule has 0 N–H and O–H groups in total. The van der Waals surface area contributed by atoms with Gasteiger partial charge in [0.15, 0.2) is 5.69 Å². The van der Waals surface area contributed by atoms with E-state index >= 15 is 0 Å². The van der Waals surface area contributed by atoms with Gasteiger partial charge in [-0.05, 0) is 42.5 Å². The van der Waals surface area contributed by atoms with Crippen LogP contribution in [0.4, 0.5) is 13.2 Å². The van der Waals surface area contributed by atoms with E-state index in [4.69, 9.17) is 11.6 Å². The van der Waals surface area contributed by atoms with Gasteiger partial charge in [-0.3, -0.25) is 0 Å². The Morgan fingerprint density at radius 2 is 1.88 bits per heavy atom. The Hall–Kier alpha value is -2.32. The first kappa shape index (κ1) is 17.5. The number of hydrogen-bond donors (Lipinski definition) is 0. The number of carbonyl (C=O) groups is 1. The van der Waals surface area contributed by atoms with Gasteiger partial charge < -0.3 is 4.74 Å². The topological polar surface area (TPSA) is 44.1 Å². The van der Waals surface area contributed by atoms with Crippen molar-refractivity contribution in [2.24, 2.45) is 0 Å². The minimum atomic E-state index is -4.58. The third-order valence-electron chi connectivity index (χ3n) is 3.36. The molecule has 4 nitrogen and oxygen atoms in total. The smallest absolute Gasteiger partial charge is 0.435 e. The molecule has 3 rings (SSSR count). The first-order valence-corrected chi connectivity index (χ1v) is 8.11. The summed E-state index contributed by atoms with van der Waals surface area (Å²) in [5, 5.41) is 3.67. The van der Waals surface area contributed by atoms with Crippen LogP contribution in [0, 0.1) is 0 Å². The van der Waals surface area contributed by atoms with Gasteiger partial charge in [-0.25, -0.2) is 9.48 Å². The maximum atomic E-state index is 13.1. The summed E-state index contributed by atoms with van der Waals surface area (Å²) in [6, 6.07) is 10.1. The molecule has 0 aliphatic rings. The Morgan fingerprint density at radius 3 is 2.40 bits per heavy atom. The van der Waals surface area contributed by atoms with Gasteiger partial charge in [0.05, 0.1) is 33.3 Å². The van der Waals surface area contributed by atoms with Crippen LogP contribution < -0.4 is 0 Å². The van der Waals surface area contributed by atoms with Crippen molar-refractivity contribution in [2.45, 2.75) is 6.18 Å². The maximum absolute atomic E-state index is 13.1. The van der Waals surface area contributed by atoms with Gasteiger partial charge in [0.1, 0.15) is 0 Å². The average Bonchev–Trinajstić information content (AvgIpc) is 3.20. The van der Waals surface area contributed by atoms with Crippen LogP contribution in [-0.2, 0) is 10.9 Å². The van der Waals surface area contributed by atoms with Crippen LogP contribution in [0.2, 0.25) is 4.34 Å². The number of carbonyl (C=O) groups excluding carboxylic acids is 1. The number of hydrogen-bond acceptors (Lipinski definition) is 4. The zero-order valence-corrected chi connectivity index (χ0v) is 14.2. The van der Waals surface area contributed by atoms with E-state index in [1.54, 1.807) is 12.1 Å². The number of benzene rings is 1. The second-order valence-corrected chi connectivity index (χ2v) is 6.68. The summed E-state index contributed by atoms with van der Waals surface area (Å²) in [5.41, 5.74) is -0.0862. The number of thiophene rings is 1. The predicted octanol–water partition coefficient (Wildman–Crippen LogP) is 5.06. The lowest BCUT2D eigenvalue weighted by atomic mass is 10.2. The summed E-state index contributed by atoms with van der Waals surface area (Å²) < 4.78 is 45.5. The molecule has 2 heterocycles. The van der Waals surface area contributed by atoms with Crippen molar-refractivity contribution in [3.8, 4) is 16.3 Å². The maximum Gasteiger partial charge on any atom is 0.435 e.